The number of ether oxygens (including phenoxy) is 1. The molecule has 666 valence electrons. The van der Waals surface area contributed by atoms with Gasteiger partial charge in [-0.25, -0.2) is 57.3 Å². The van der Waals surface area contributed by atoms with Crippen molar-refractivity contribution in [2.75, 3.05) is 6.61 Å². The molecule has 25 nitrogen and oxygen atoms in total. The monoisotopic (exact) mass is 1830 g/mol. The first-order valence-electron chi connectivity index (χ1n) is 42.8. The summed E-state index contributed by atoms with van der Waals surface area (Å²) in [6.45, 7) is 45.1. The molecule has 4 N–H and O–H groups in total. The number of aromatic nitrogens is 16. The Balaban J connectivity index is 0.000000125. The van der Waals surface area contributed by atoms with E-state index in [1.807, 2.05) is 133 Å². The average Bonchev–Trinajstić information content (AvgIpc) is 1.67. The van der Waals surface area contributed by atoms with Crippen molar-refractivity contribution in [3.05, 3.63) is 343 Å². The van der Waals surface area contributed by atoms with Gasteiger partial charge in [0, 0.05) is 94.2 Å². The molecule has 20 rings (SSSR count). The summed E-state index contributed by atoms with van der Waals surface area (Å²) in [5, 5.41) is 54.5. The van der Waals surface area contributed by atoms with E-state index in [4.69, 9.17) is 54.2 Å². The van der Waals surface area contributed by atoms with Gasteiger partial charge in [-0.3, -0.25) is 37.9 Å². The molecule has 0 unspecified atom stereocenters. The number of halogens is 6. The van der Waals surface area contributed by atoms with E-state index in [1.165, 1.54) is 18.2 Å². The van der Waals surface area contributed by atoms with E-state index in [1.54, 1.807) is 132 Å². The van der Waals surface area contributed by atoms with Gasteiger partial charge in [-0.05, 0) is 178 Å². The fourth-order valence-corrected chi connectivity index (χ4v) is 18.6. The molecular weight excluding hydrogens is 1760 g/mol. The van der Waals surface area contributed by atoms with E-state index >= 15 is 17.6 Å². The van der Waals surface area contributed by atoms with Crippen LogP contribution in [0, 0.1) is 63.4 Å². The minimum absolute atomic E-state index is 0.0381. The van der Waals surface area contributed by atoms with Gasteiger partial charge in [-0.2, -0.15) is 40.8 Å². The van der Waals surface area contributed by atoms with Crippen molar-refractivity contribution in [1.29, 1.82) is 0 Å². The van der Waals surface area contributed by atoms with Gasteiger partial charge in [0.05, 0.1) is 135 Å². The van der Waals surface area contributed by atoms with Crippen LogP contribution in [0.3, 0.4) is 0 Å². The minimum atomic E-state index is -0.666. The normalized spacial score (nSPS) is 11.2. The van der Waals surface area contributed by atoms with Crippen molar-refractivity contribution in [3.8, 4) is 95.3 Å². The Labute approximate surface area is 776 Å². The number of nitrogens with one attached hydrogen (secondary N) is 4. The summed E-state index contributed by atoms with van der Waals surface area (Å²) in [5.74, 6) is -1.74. The Morgan fingerprint density at radius 2 is 0.644 bits per heavy atom. The van der Waals surface area contributed by atoms with E-state index < -0.39 is 23.3 Å². The molecule has 0 aliphatic heterocycles. The highest BCUT2D eigenvalue weighted by atomic mass is 35.5. The van der Waals surface area contributed by atoms with E-state index in [9.17, 15) is 19.2 Å². The molecule has 0 atom stereocenters. The molecule has 0 spiro atoms. The van der Waals surface area contributed by atoms with Crippen molar-refractivity contribution in [1.82, 2.24) is 79.9 Å². The second-order valence-corrected chi connectivity index (χ2v) is 32.7. The largest absolute Gasteiger partial charge is 0.493 e. The second-order valence-electron chi connectivity index (χ2n) is 31.9. The number of hydrogen-bond donors (Lipinski definition) is 4. The van der Waals surface area contributed by atoms with Crippen LogP contribution >= 0.6 is 23.2 Å². The standard InChI is InChI=1S/C27H22FN5O2.C26H19ClFN5O.C26H20FN5O.C25H17ClFN5O/c1-5-21-18-11-16(13-22(35-6-2)23(18)27(34)32-31-21)19-14-30-33(4)26(19)24-20(28)12-15-9-7-8-10-17(15)25(24)29-3;1-5-19-17-11-14(10-13(2)20(17)26(34)32-31-19)18-12-30-33(4)25(18)21-23(28)22(27)15-8-6-7-9-16(15)24(21)29-3;1-5-21-18-11-16(10-14(2)22(18)26(33)31-30-21)19-13-29-32(4)25(19)23-20(27)12-15-8-6-7-9-17(15)24(23)28-3;1-4-20-16-9-14(10-18(26)21(16)25(33)31-30-20)17-12-29-32(3)24(17)22-19(27)11-13-7-5-6-8-15(13)23(22)28-2/h7-14H,5-6H2,1-2,4H3,(H,32,34);6-12H,5H2,1-2,4H3,(H,32,34);6-13H,5H2,1-2,4H3,(H,31,33);5-12H,4H2,1,3H3,(H,31,33). The summed E-state index contributed by atoms with van der Waals surface area (Å²) >= 11 is 13.0. The van der Waals surface area contributed by atoms with E-state index in [0.29, 0.717) is 181 Å². The fraction of sp³-hybridized carbons (Fsp3) is 0.154. The zero-order chi connectivity index (χ0) is 95.4. The molecule has 0 amide bonds. The van der Waals surface area contributed by atoms with Crippen molar-refractivity contribution < 1.29 is 22.3 Å². The summed E-state index contributed by atoms with van der Waals surface area (Å²) < 4.78 is 74.3. The SMILES string of the molecule is [C-]#[N+]c1c(-c2c(-c3cc(C)c4c(=O)[nH]nc(CC)c4c3)cnn2C)c(F)c(Cl)c2ccccc12.[C-]#[N+]c1c(-c2c(-c3cc(C)c4c(=O)[nH]nc(CC)c4c3)cnn2C)c(F)cc2ccccc12.[C-]#[N+]c1c(-c2c(-c3cc(Cl)c4c(=O)[nH]nc(CC)c4c3)cnn2C)c(F)cc2ccccc12.[C-]#[N+]c1c(-c2c(-c3cc(OCC)c4c(=O)[nH]nc(CC)c4c3)cnn2C)c(F)cc2ccccc12. The van der Waals surface area contributed by atoms with Gasteiger partial charge in [0.1, 0.15) is 29.0 Å². The summed E-state index contributed by atoms with van der Waals surface area (Å²) in [6, 6.07) is 47.8. The van der Waals surface area contributed by atoms with Crippen LogP contribution in [-0.4, -0.2) is 86.5 Å². The van der Waals surface area contributed by atoms with Gasteiger partial charge in [-0.1, -0.05) is 160 Å². The maximum Gasteiger partial charge on any atom is 0.275 e. The molecule has 8 aromatic heterocycles. The summed E-state index contributed by atoms with van der Waals surface area (Å²) in [4.78, 5) is 64.7. The molecule has 31 heteroatoms. The van der Waals surface area contributed by atoms with Crippen LogP contribution < -0.4 is 27.0 Å². The third-order valence-corrected chi connectivity index (χ3v) is 24.9. The summed E-state index contributed by atoms with van der Waals surface area (Å²) in [7, 11) is 6.86. The smallest absolute Gasteiger partial charge is 0.275 e. The van der Waals surface area contributed by atoms with Crippen molar-refractivity contribution in [3.63, 3.8) is 0 Å². The van der Waals surface area contributed by atoms with Gasteiger partial charge < -0.3 is 4.74 Å². The van der Waals surface area contributed by atoms with Gasteiger partial charge in [-0.15, -0.1) is 0 Å². The first-order valence-corrected chi connectivity index (χ1v) is 43.6. The number of hydrogen-bond acceptors (Lipinski definition) is 13. The highest BCUT2D eigenvalue weighted by Crippen LogP contribution is 2.51. The minimum Gasteiger partial charge on any atom is -0.493 e. The van der Waals surface area contributed by atoms with Crippen molar-refractivity contribution in [2.24, 2.45) is 28.2 Å². The summed E-state index contributed by atoms with van der Waals surface area (Å²) in [5.41, 5.74) is 12.1. The lowest BCUT2D eigenvalue weighted by Crippen LogP contribution is -2.12. The lowest BCUT2D eigenvalue weighted by Gasteiger charge is -2.15. The zero-order valence-corrected chi connectivity index (χ0v) is 75.9. The van der Waals surface area contributed by atoms with Gasteiger partial charge in [0.15, 0.2) is 0 Å². The predicted molar refractivity (Wildman–Crippen MR) is 523 cm³/mol. The molecule has 0 aliphatic carbocycles. The lowest BCUT2D eigenvalue weighted by atomic mass is 9.93. The molecule has 12 aromatic carbocycles. The quantitative estimate of drug-likeness (QED) is 0.0583. The van der Waals surface area contributed by atoms with Crippen LogP contribution in [0.1, 0.15) is 68.5 Å². The second kappa shape index (κ2) is 36.8. The van der Waals surface area contributed by atoms with E-state index in [0.717, 1.165) is 44.4 Å². The maximum atomic E-state index is 15.8. The molecule has 0 bridgehead atoms. The first-order chi connectivity index (χ1) is 65.2. The van der Waals surface area contributed by atoms with Crippen LogP contribution in [0.5, 0.6) is 5.75 Å². The fourth-order valence-electron chi connectivity index (χ4n) is 18.1. The topological polar surface area (TPSA) is 281 Å². The number of rotatable bonds is 14. The zero-order valence-electron chi connectivity index (χ0n) is 74.4. The first kappa shape index (κ1) is 90.1. The average molecular weight is 1830 g/mol. The number of aryl methyl sites for hydroxylation is 10. The molecular formula is C104H78Cl2F4N20O5. The maximum absolute atomic E-state index is 15.8. The molecule has 0 radical (unpaired) electrons. The third-order valence-electron chi connectivity index (χ3n) is 24.2. The molecule has 0 saturated heterocycles. The predicted octanol–water partition coefficient (Wildman–Crippen LogP) is 23.9. The van der Waals surface area contributed by atoms with Crippen molar-refractivity contribution in [2.45, 2.75) is 74.1 Å². The molecule has 0 fully saturated rings. The third kappa shape index (κ3) is 15.7. The van der Waals surface area contributed by atoms with E-state index in [2.05, 4.69) is 80.6 Å². The van der Waals surface area contributed by atoms with Crippen LogP contribution in [0.4, 0.5) is 40.3 Å². The molecule has 0 saturated carbocycles. The van der Waals surface area contributed by atoms with Gasteiger partial charge in [0.25, 0.3) is 22.2 Å². The van der Waals surface area contributed by atoms with Gasteiger partial charge >= 0.3 is 0 Å². The van der Waals surface area contributed by atoms with Crippen LogP contribution in [0.15, 0.2) is 208 Å². The molecule has 135 heavy (non-hydrogen) atoms. The highest BCUT2D eigenvalue weighted by Gasteiger charge is 2.31. The van der Waals surface area contributed by atoms with Crippen LogP contribution in [0.25, 0.3) is 195 Å². The lowest BCUT2D eigenvalue weighted by molar-refractivity contribution is 0.344. The number of nitrogens with zero attached hydrogens (tertiary/aromatic N) is 16. The Hall–Kier alpha value is -16.9. The number of benzene rings is 12. The number of H-pyrrole nitrogens is 4. The number of aromatic amines is 4. The molecule has 20 aromatic rings. The molecule has 0 aliphatic rings. The Kier molecular flexibility index (Phi) is 24.6. The summed E-state index contributed by atoms with van der Waals surface area (Å²) in [6.07, 6.45) is 9.03. The van der Waals surface area contributed by atoms with Crippen LogP contribution in [0.2, 0.25) is 10.0 Å². The van der Waals surface area contributed by atoms with Crippen molar-refractivity contribution >= 4 is 132 Å². The Bertz CT molecular complexity index is 8570. The highest BCUT2D eigenvalue weighted by molar-refractivity contribution is 6.37. The number of fused-ring (bicyclic) bond motifs is 8. The Morgan fingerprint density at radius 3 is 0.993 bits per heavy atom. The van der Waals surface area contributed by atoms with E-state index in [-0.39, 0.29) is 77.3 Å². The molecule has 8 heterocycles. The Morgan fingerprint density at radius 1 is 0.356 bits per heavy atom. The van der Waals surface area contributed by atoms with Gasteiger partial charge in [0.2, 0.25) is 22.7 Å². The van der Waals surface area contributed by atoms with Crippen LogP contribution in [-0.2, 0) is 53.9 Å².